The van der Waals surface area contributed by atoms with Gasteiger partial charge in [-0.2, -0.15) is 0 Å². The zero-order valence-electron chi connectivity index (χ0n) is 5.44. The number of nitrogens with zero attached hydrogens (tertiary/aromatic N) is 1. The second kappa shape index (κ2) is 3.29. The van der Waals surface area contributed by atoms with Gasteiger partial charge in [-0.3, -0.25) is 4.98 Å². The third kappa shape index (κ3) is 1.52. The van der Waals surface area contributed by atoms with Crippen LogP contribution in [0.25, 0.3) is 0 Å². The Morgan fingerprint density at radius 2 is 2.30 bits per heavy atom. The van der Waals surface area contributed by atoms with Crippen LogP contribution in [0.15, 0.2) is 24.4 Å². The van der Waals surface area contributed by atoms with Crippen LogP contribution in [0.2, 0.25) is 0 Å². The fraction of sp³-hybridized carbons (Fsp3) is 0.286. The molecule has 0 unspecified atom stereocenters. The second-order valence-corrected chi connectivity index (χ2v) is 1.95. The van der Waals surface area contributed by atoms with Crippen molar-refractivity contribution in [3.63, 3.8) is 0 Å². The van der Waals surface area contributed by atoms with E-state index in [0.29, 0.717) is 5.69 Å². The maximum Gasteiger partial charge on any atom is 0.119 e. The first kappa shape index (κ1) is 7.18. The van der Waals surface area contributed by atoms with Crippen LogP contribution in [0.5, 0.6) is 0 Å². The van der Waals surface area contributed by atoms with Gasteiger partial charge in [0.1, 0.15) is 6.10 Å². The third-order valence-electron chi connectivity index (χ3n) is 1.20. The van der Waals surface area contributed by atoms with Gasteiger partial charge in [0.15, 0.2) is 0 Å². The molecule has 0 aliphatic rings. The Labute approximate surface area is 59.0 Å². The number of aliphatic hydroxyl groups is 2. The minimum atomic E-state index is -0.846. The molecule has 3 nitrogen and oxygen atoms in total. The molecule has 0 fully saturated rings. The quantitative estimate of drug-likeness (QED) is 0.611. The molecule has 1 atom stereocenters. The number of aromatic nitrogens is 1. The van der Waals surface area contributed by atoms with E-state index in [9.17, 15) is 0 Å². The normalized spacial score (nSPS) is 13.0. The first-order valence-corrected chi connectivity index (χ1v) is 3.04. The van der Waals surface area contributed by atoms with Gasteiger partial charge in [0.05, 0.1) is 12.3 Å². The number of rotatable bonds is 2. The predicted molar refractivity (Wildman–Crippen MR) is 36.3 cm³/mol. The van der Waals surface area contributed by atoms with Crippen molar-refractivity contribution >= 4 is 0 Å². The first-order chi connectivity index (χ1) is 4.84. The highest BCUT2D eigenvalue weighted by Gasteiger charge is 2.04. The first-order valence-electron chi connectivity index (χ1n) is 3.04. The lowest BCUT2D eigenvalue weighted by Crippen LogP contribution is -2.03. The summed E-state index contributed by atoms with van der Waals surface area (Å²) in [6.07, 6.45) is 0.731. The maximum absolute atomic E-state index is 9.02. The topological polar surface area (TPSA) is 53.4 Å². The van der Waals surface area contributed by atoms with Crippen LogP contribution in [0, 0.1) is 0 Å². The molecular formula is C7H9NO2. The van der Waals surface area contributed by atoms with E-state index in [1.54, 1.807) is 24.4 Å². The van der Waals surface area contributed by atoms with Gasteiger partial charge in [-0.15, -0.1) is 0 Å². The van der Waals surface area contributed by atoms with Crippen molar-refractivity contribution in [2.45, 2.75) is 6.10 Å². The highest BCUT2D eigenvalue weighted by atomic mass is 16.3. The fourth-order valence-electron chi connectivity index (χ4n) is 0.667. The Bertz CT molecular complexity index is 188. The molecule has 1 rings (SSSR count). The highest BCUT2D eigenvalue weighted by molar-refractivity contribution is 5.06. The van der Waals surface area contributed by atoms with Crippen LogP contribution in [0.3, 0.4) is 0 Å². The van der Waals surface area contributed by atoms with Crippen molar-refractivity contribution in [2.75, 3.05) is 6.61 Å². The Hall–Kier alpha value is -0.930. The molecule has 0 aliphatic heterocycles. The van der Waals surface area contributed by atoms with Crippen LogP contribution < -0.4 is 0 Å². The van der Waals surface area contributed by atoms with Crippen molar-refractivity contribution in [3.8, 4) is 0 Å². The molecule has 0 spiro atoms. The van der Waals surface area contributed by atoms with Crippen LogP contribution >= 0.6 is 0 Å². The number of hydrogen-bond donors (Lipinski definition) is 2. The molecule has 1 aromatic rings. The molecular weight excluding hydrogens is 130 g/mol. The van der Waals surface area contributed by atoms with Gasteiger partial charge in [0.2, 0.25) is 0 Å². The molecule has 0 bridgehead atoms. The average molecular weight is 139 g/mol. The summed E-state index contributed by atoms with van der Waals surface area (Å²) in [7, 11) is 0. The van der Waals surface area contributed by atoms with Gasteiger partial charge in [-0.05, 0) is 12.1 Å². The molecule has 1 aromatic heterocycles. The molecule has 0 radical (unpaired) electrons. The summed E-state index contributed by atoms with van der Waals surface area (Å²) in [6.45, 7) is -0.281. The Kier molecular flexibility index (Phi) is 2.36. The lowest BCUT2D eigenvalue weighted by atomic mass is 10.2. The van der Waals surface area contributed by atoms with Crippen LogP contribution in [0.1, 0.15) is 11.8 Å². The summed E-state index contributed by atoms with van der Waals surface area (Å²) in [6, 6.07) is 5.19. The van der Waals surface area contributed by atoms with Crippen molar-refractivity contribution < 1.29 is 10.2 Å². The van der Waals surface area contributed by atoms with Gasteiger partial charge in [-0.1, -0.05) is 6.07 Å². The minimum Gasteiger partial charge on any atom is -0.393 e. The van der Waals surface area contributed by atoms with Gasteiger partial charge in [-0.25, -0.2) is 0 Å². The average Bonchev–Trinajstić information content (AvgIpc) is 2.05. The van der Waals surface area contributed by atoms with E-state index in [-0.39, 0.29) is 6.61 Å². The summed E-state index contributed by atoms with van der Waals surface area (Å²) < 4.78 is 0. The van der Waals surface area contributed by atoms with Crippen molar-refractivity contribution in [1.82, 2.24) is 4.98 Å². The third-order valence-corrected chi connectivity index (χ3v) is 1.20. The summed E-state index contributed by atoms with van der Waals surface area (Å²) in [5, 5.41) is 17.5. The molecule has 0 aliphatic carbocycles. The largest absolute Gasteiger partial charge is 0.393 e. The molecule has 1 heterocycles. The van der Waals surface area contributed by atoms with Gasteiger partial charge in [0.25, 0.3) is 0 Å². The number of hydrogen-bond acceptors (Lipinski definition) is 3. The molecule has 0 saturated heterocycles. The van der Waals surface area contributed by atoms with E-state index in [1.807, 2.05) is 0 Å². The smallest absolute Gasteiger partial charge is 0.119 e. The fourth-order valence-corrected chi connectivity index (χ4v) is 0.667. The van der Waals surface area contributed by atoms with E-state index in [4.69, 9.17) is 10.2 Å². The maximum atomic E-state index is 9.02. The van der Waals surface area contributed by atoms with Crippen LogP contribution in [-0.4, -0.2) is 21.8 Å². The van der Waals surface area contributed by atoms with E-state index in [1.165, 1.54) is 0 Å². The molecule has 10 heavy (non-hydrogen) atoms. The lowest BCUT2D eigenvalue weighted by molar-refractivity contribution is 0.0923. The Morgan fingerprint density at radius 1 is 1.50 bits per heavy atom. The van der Waals surface area contributed by atoms with E-state index >= 15 is 0 Å². The van der Waals surface area contributed by atoms with E-state index in [2.05, 4.69) is 4.98 Å². The monoisotopic (exact) mass is 139 g/mol. The Morgan fingerprint density at radius 3 is 2.80 bits per heavy atom. The zero-order valence-corrected chi connectivity index (χ0v) is 5.44. The summed E-state index contributed by atoms with van der Waals surface area (Å²) in [5.41, 5.74) is 0.505. The van der Waals surface area contributed by atoms with Crippen molar-refractivity contribution in [1.29, 1.82) is 0 Å². The molecule has 0 aromatic carbocycles. The summed E-state index contributed by atoms with van der Waals surface area (Å²) >= 11 is 0. The summed E-state index contributed by atoms with van der Waals surface area (Å²) in [5.74, 6) is 0. The predicted octanol–water partition coefficient (Wildman–Crippen LogP) is 0.107. The lowest BCUT2D eigenvalue weighted by Gasteiger charge is -2.03. The van der Waals surface area contributed by atoms with Crippen molar-refractivity contribution in [2.24, 2.45) is 0 Å². The van der Waals surface area contributed by atoms with E-state index < -0.39 is 6.10 Å². The van der Waals surface area contributed by atoms with Crippen molar-refractivity contribution in [3.05, 3.63) is 30.1 Å². The number of aliphatic hydroxyl groups excluding tert-OH is 2. The van der Waals surface area contributed by atoms with Crippen LogP contribution in [0.4, 0.5) is 0 Å². The van der Waals surface area contributed by atoms with Gasteiger partial charge >= 0.3 is 0 Å². The highest BCUT2D eigenvalue weighted by Crippen LogP contribution is 2.05. The van der Waals surface area contributed by atoms with E-state index in [0.717, 1.165) is 0 Å². The molecule has 3 heteroatoms. The SMILES string of the molecule is OC[C@@H](O)c1ccccn1. The molecule has 0 amide bonds. The molecule has 54 valence electrons. The number of pyridine rings is 1. The standard InChI is InChI=1S/C7H9NO2/c9-5-7(10)6-3-1-2-4-8-6/h1-4,7,9-10H,5H2/t7-/m1/s1. The minimum absolute atomic E-state index is 0.281. The zero-order chi connectivity index (χ0) is 7.40. The Balaban J connectivity index is 2.75. The summed E-state index contributed by atoms with van der Waals surface area (Å²) in [4.78, 5) is 3.84. The molecule has 2 N–H and O–H groups in total. The molecule has 0 saturated carbocycles. The van der Waals surface area contributed by atoms with Gasteiger partial charge < -0.3 is 10.2 Å². The van der Waals surface area contributed by atoms with Gasteiger partial charge in [0, 0.05) is 6.20 Å². The second-order valence-electron chi connectivity index (χ2n) is 1.95. The van der Waals surface area contributed by atoms with Crippen LogP contribution in [-0.2, 0) is 0 Å².